The fourth-order valence-electron chi connectivity index (χ4n) is 4.98. The third-order valence-corrected chi connectivity index (χ3v) is 8.92. The van der Waals surface area contributed by atoms with Crippen molar-refractivity contribution in [2.45, 2.75) is 161 Å². The highest BCUT2D eigenvalue weighted by Gasteiger charge is 2.26. The van der Waals surface area contributed by atoms with Crippen molar-refractivity contribution in [2.24, 2.45) is 0 Å². The second kappa shape index (κ2) is 37.9. The summed E-state index contributed by atoms with van der Waals surface area (Å²) >= 11 is 0. The highest BCUT2D eigenvalue weighted by Crippen LogP contribution is 2.43. The third-order valence-electron chi connectivity index (χ3n) is 7.97. The zero-order chi connectivity index (χ0) is 37.5. The van der Waals surface area contributed by atoms with Gasteiger partial charge in [-0.3, -0.25) is 13.8 Å². The zero-order valence-corrected chi connectivity index (χ0v) is 32.9. The van der Waals surface area contributed by atoms with E-state index in [0.717, 1.165) is 57.8 Å². The molecule has 10 heteroatoms. The van der Waals surface area contributed by atoms with Crippen LogP contribution in [0.3, 0.4) is 0 Å². The Morgan fingerprint density at radius 3 is 1.61 bits per heavy atom. The normalized spacial score (nSPS) is 14.8. The molecule has 0 aliphatic heterocycles. The molecule has 0 aliphatic carbocycles. The Balaban J connectivity index is 4.34. The van der Waals surface area contributed by atoms with Gasteiger partial charge in [0.25, 0.3) is 0 Å². The Morgan fingerprint density at radius 2 is 1.10 bits per heavy atom. The second-order valence-electron chi connectivity index (χ2n) is 12.9. The lowest BCUT2D eigenvalue weighted by atomic mass is 10.0. The van der Waals surface area contributed by atoms with Gasteiger partial charge in [0.15, 0.2) is 0 Å². The zero-order valence-electron chi connectivity index (χ0n) is 32.1. The van der Waals surface area contributed by atoms with Crippen molar-refractivity contribution in [1.29, 1.82) is 0 Å². The van der Waals surface area contributed by atoms with Crippen LogP contribution in [-0.4, -0.2) is 66.3 Å². The predicted octanol–water partition coefficient (Wildman–Crippen LogP) is 10.4. The number of carbonyl (C=O) groups is 1. The number of aliphatic hydroxyl groups excluding tert-OH is 2. The molecule has 296 valence electrons. The Hall–Kier alpha value is -1.84. The van der Waals surface area contributed by atoms with E-state index in [-0.39, 0.29) is 13.0 Å². The van der Waals surface area contributed by atoms with Crippen molar-refractivity contribution in [3.63, 3.8) is 0 Å². The van der Waals surface area contributed by atoms with Gasteiger partial charge in [-0.25, -0.2) is 4.57 Å². The Labute approximate surface area is 310 Å². The monoisotopic (exact) mass is 740 g/mol. The van der Waals surface area contributed by atoms with Crippen molar-refractivity contribution in [3.8, 4) is 0 Å². The summed E-state index contributed by atoms with van der Waals surface area (Å²) in [6, 6.07) is 0. The lowest BCUT2D eigenvalue weighted by Crippen LogP contribution is -2.29. The van der Waals surface area contributed by atoms with Crippen LogP contribution in [0.5, 0.6) is 0 Å². The molecule has 9 nitrogen and oxygen atoms in total. The minimum Gasteiger partial charge on any atom is -0.457 e. The van der Waals surface area contributed by atoms with Crippen LogP contribution in [-0.2, 0) is 27.9 Å². The first-order valence-corrected chi connectivity index (χ1v) is 21.3. The number of rotatable bonds is 37. The summed E-state index contributed by atoms with van der Waals surface area (Å²) in [4.78, 5) is 22.5. The molecule has 0 rings (SSSR count). The van der Waals surface area contributed by atoms with E-state index >= 15 is 0 Å². The highest BCUT2D eigenvalue weighted by molar-refractivity contribution is 7.47. The second-order valence-corrected chi connectivity index (χ2v) is 14.4. The summed E-state index contributed by atoms with van der Waals surface area (Å²) in [7, 11) is -4.53. The number of hydrogen-bond acceptors (Lipinski definition) is 8. The molecule has 0 aromatic heterocycles. The van der Waals surface area contributed by atoms with Crippen LogP contribution in [0.4, 0.5) is 0 Å². The number of phosphoric ester groups is 1. The molecule has 0 heterocycles. The lowest BCUT2D eigenvalue weighted by molar-refractivity contribution is -0.154. The molecule has 0 aromatic carbocycles. The summed E-state index contributed by atoms with van der Waals surface area (Å²) in [6.07, 6.45) is 41.8. The fourth-order valence-corrected chi connectivity index (χ4v) is 5.77. The largest absolute Gasteiger partial charge is 0.472 e. The van der Waals surface area contributed by atoms with E-state index in [1.807, 2.05) is 6.08 Å². The van der Waals surface area contributed by atoms with Gasteiger partial charge in [0, 0.05) is 13.0 Å². The molecule has 3 unspecified atom stereocenters. The van der Waals surface area contributed by atoms with Gasteiger partial charge in [-0.1, -0.05) is 152 Å². The summed E-state index contributed by atoms with van der Waals surface area (Å²) in [5, 5.41) is 18.3. The SMILES string of the molecule is CC/C=C\C/C=C\C/C=C\C/C=C\C/C=C\CCCC(=O)OC(COCCCCCCCCCCCCCCC)COP(=O)(O)OCC(O)CO. The molecule has 51 heavy (non-hydrogen) atoms. The van der Waals surface area contributed by atoms with Crippen LogP contribution in [0.2, 0.25) is 0 Å². The summed E-state index contributed by atoms with van der Waals surface area (Å²) in [6.45, 7) is 3.31. The van der Waals surface area contributed by atoms with Crippen LogP contribution in [0.1, 0.15) is 149 Å². The minimum absolute atomic E-state index is 0.0258. The smallest absolute Gasteiger partial charge is 0.457 e. The third kappa shape index (κ3) is 37.7. The van der Waals surface area contributed by atoms with E-state index in [9.17, 15) is 19.4 Å². The van der Waals surface area contributed by atoms with E-state index in [2.05, 4.69) is 68.5 Å². The topological polar surface area (TPSA) is 132 Å². The van der Waals surface area contributed by atoms with Crippen LogP contribution in [0.15, 0.2) is 60.8 Å². The molecule has 3 N–H and O–H groups in total. The number of carbonyl (C=O) groups excluding carboxylic acids is 1. The van der Waals surface area contributed by atoms with E-state index < -0.39 is 45.8 Å². The van der Waals surface area contributed by atoms with Crippen molar-refractivity contribution < 1.29 is 43.0 Å². The molecule has 0 radical (unpaired) electrons. The molecule has 3 atom stereocenters. The first-order valence-electron chi connectivity index (χ1n) is 19.8. The van der Waals surface area contributed by atoms with Gasteiger partial charge in [-0.05, 0) is 51.4 Å². The van der Waals surface area contributed by atoms with Crippen molar-refractivity contribution in [2.75, 3.05) is 33.0 Å². The first kappa shape index (κ1) is 49.2. The highest BCUT2D eigenvalue weighted by atomic mass is 31.2. The summed E-state index contributed by atoms with van der Waals surface area (Å²) < 4.78 is 33.2. The van der Waals surface area contributed by atoms with Gasteiger partial charge in [0.1, 0.15) is 12.2 Å². The van der Waals surface area contributed by atoms with E-state index in [4.69, 9.17) is 23.6 Å². The Morgan fingerprint density at radius 1 is 0.627 bits per heavy atom. The molecule has 0 spiro atoms. The van der Waals surface area contributed by atoms with E-state index in [1.165, 1.54) is 64.2 Å². The molecule has 0 amide bonds. The maximum atomic E-state index is 12.5. The molecule has 0 fully saturated rings. The predicted molar refractivity (Wildman–Crippen MR) is 210 cm³/mol. The van der Waals surface area contributed by atoms with Crippen LogP contribution >= 0.6 is 7.82 Å². The molecular weight excluding hydrogens is 667 g/mol. The number of phosphoric acid groups is 1. The van der Waals surface area contributed by atoms with Gasteiger partial charge in [0.05, 0.1) is 26.4 Å². The van der Waals surface area contributed by atoms with Crippen molar-refractivity contribution in [3.05, 3.63) is 60.8 Å². The average molecular weight is 741 g/mol. The number of allylic oxidation sites excluding steroid dienone is 10. The van der Waals surface area contributed by atoms with Crippen LogP contribution < -0.4 is 0 Å². The van der Waals surface area contributed by atoms with Crippen LogP contribution in [0.25, 0.3) is 0 Å². The number of hydrogen-bond donors (Lipinski definition) is 3. The number of unbranched alkanes of at least 4 members (excludes halogenated alkanes) is 13. The van der Waals surface area contributed by atoms with E-state index in [0.29, 0.717) is 13.0 Å². The minimum atomic E-state index is -4.53. The molecule has 0 saturated heterocycles. The van der Waals surface area contributed by atoms with Gasteiger partial charge >= 0.3 is 13.8 Å². The summed E-state index contributed by atoms with van der Waals surface area (Å²) in [5.41, 5.74) is 0. The lowest BCUT2D eigenvalue weighted by Gasteiger charge is -2.20. The maximum Gasteiger partial charge on any atom is 0.472 e. The Bertz CT molecular complexity index is 976. The summed E-state index contributed by atoms with van der Waals surface area (Å²) in [5.74, 6) is -0.440. The van der Waals surface area contributed by atoms with Gasteiger partial charge < -0.3 is 24.6 Å². The number of aliphatic hydroxyl groups is 2. The molecular formula is C41H73O9P. The quantitative estimate of drug-likeness (QED) is 0.0246. The fraction of sp³-hybridized carbons (Fsp3) is 0.732. The number of ether oxygens (including phenoxy) is 2. The number of esters is 1. The molecule has 0 aromatic rings. The molecule has 0 bridgehead atoms. The molecule has 0 saturated carbocycles. The van der Waals surface area contributed by atoms with Gasteiger partial charge in [-0.15, -0.1) is 0 Å². The van der Waals surface area contributed by atoms with Gasteiger partial charge in [-0.2, -0.15) is 0 Å². The van der Waals surface area contributed by atoms with Crippen molar-refractivity contribution >= 4 is 13.8 Å². The van der Waals surface area contributed by atoms with Gasteiger partial charge in [0.2, 0.25) is 0 Å². The van der Waals surface area contributed by atoms with Crippen molar-refractivity contribution in [1.82, 2.24) is 0 Å². The van der Waals surface area contributed by atoms with Crippen LogP contribution in [0, 0.1) is 0 Å². The molecule has 0 aliphatic rings. The maximum absolute atomic E-state index is 12.5. The van der Waals surface area contributed by atoms with E-state index in [1.54, 1.807) is 0 Å². The Kier molecular flexibility index (Phi) is 36.5. The first-order chi connectivity index (χ1) is 24.8. The average Bonchev–Trinajstić information content (AvgIpc) is 3.12. The standard InChI is InChI=1S/C41H73O9P/c1-3-5-7-9-11-13-15-17-18-19-20-21-23-25-27-29-31-33-41(44)50-40(38-49-51(45,46)48-36-39(43)35-42)37-47-34-32-30-28-26-24-22-16-14-12-10-8-6-4-2/h5,7,11,13,17-18,20-21,25,27,39-40,42-43H,3-4,6,8-10,12,14-16,19,22-24,26,28-38H2,1-2H3,(H,45,46)/b7-5-,13-11-,18-17-,21-20-,27-25-.